The van der Waals surface area contributed by atoms with Gasteiger partial charge in [0.05, 0.1) is 17.7 Å². The van der Waals surface area contributed by atoms with Crippen molar-refractivity contribution in [3.63, 3.8) is 0 Å². The number of rotatable bonds is 11. The third kappa shape index (κ3) is 7.95. The van der Waals surface area contributed by atoms with E-state index >= 15 is 0 Å². The van der Waals surface area contributed by atoms with Crippen LogP contribution in [0.2, 0.25) is 15.1 Å². The monoisotopic (exact) mass is 665 g/mol. The van der Waals surface area contributed by atoms with Gasteiger partial charge in [-0.05, 0) is 62.2 Å². The average Bonchev–Trinajstić information content (AvgIpc) is 3.00. The molecule has 3 aromatic carbocycles. The van der Waals surface area contributed by atoms with Gasteiger partial charge in [0, 0.05) is 33.2 Å². The van der Waals surface area contributed by atoms with Gasteiger partial charge in [0.25, 0.3) is 10.0 Å². The number of methoxy groups -OCH3 is 1. The van der Waals surface area contributed by atoms with E-state index in [9.17, 15) is 18.0 Å². The van der Waals surface area contributed by atoms with Crippen LogP contribution in [-0.2, 0) is 26.2 Å². The summed E-state index contributed by atoms with van der Waals surface area (Å²) in [4.78, 5) is 29.0. The Kier molecular flexibility index (Phi) is 11.2. The van der Waals surface area contributed by atoms with E-state index in [-0.39, 0.29) is 39.8 Å². The van der Waals surface area contributed by atoms with Crippen molar-refractivity contribution in [3.8, 4) is 5.75 Å². The van der Waals surface area contributed by atoms with Gasteiger partial charge in [-0.1, -0.05) is 78.3 Å². The highest BCUT2D eigenvalue weighted by Gasteiger charge is 2.35. The zero-order valence-electron chi connectivity index (χ0n) is 23.9. The summed E-state index contributed by atoms with van der Waals surface area (Å²) in [6.07, 6.45) is 4.88. The van der Waals surface area contributed by atoms with E-state index in [4.69, 9.17) is 39.5 Å². The highest BCUT2D eigenvalue weighted by Crippen LogP contribution is 2.35. The smallest absolute Gasteiger partial charge is 0.264 e. The first kappa shape index (κ1) is 32.9. The second-order valence-electron chi connectivity index (χ2n) is 10.4. The number of amides is 2. The van der Waals surface area contributed by atoms with Crippen molar-refractivity contribution >= 4 is 62.3 Å². The van der Waals surface area contributed by atoms with Crippen LogP contribution in [0.1, 0.15) is 44.6 Å². The normalized spacial score (nSPS) is 14.5. The van der Waals surface area contributed by atoms with Gasteiger partial charge < -0.3 is 15.0 Å². The van der Waals surface area contributed by atoms with Gasteiger partial charge >= 0.3 is 0 Å². The highest BCUT2D eigenvalue weighted by molar-refractivity contribution is 7.92. The summed E-state index contributed by atoms with van der Waals surface area (Å²) in [5.74, 6) is -0.800. The molecule has 0 saturated heterocycles. The number of sulfonamides is 1. The molecule has 1 unspecified atom stereocenters. The minimum Gasteiger partial charge on any atom is -0.495 e. The van der Waals surface area contributed by atoms with Gasteiger partial charge in [-0.25, -0.2) is 8.42 Å². The fourth-order valence-electron chi connectivity index (χ4n) is 5.10. The molecule has 0 radical (unpaired) electrons. The zero-order chi connectivity index (χ0) is 31.1. The van der Waals surface area contributed by atoms with Crippen molar-refractivity contribution in [1.82, 2.24) is 10.2 Å². The lowest BCUT2D eigenvalue weighted by Gasteiger charge is -2.34. The Labute approximate surface area is 267 Å². The predicted octanol–water partition coefficient (Wildman–Crippen LogP) is 6.72. The minimum atomic E-state index is -4.30. The number of benzene rings is 3. The fraction of sp³-hybridized carbons (Fsp3) is 0.355. The second kappa shape index (κ2) is 14.7. The molecule has 1 atom stereocenters. The summed E-state index contributed by atoms with van der Waals surface area (Å²) in [5.41, 5.74) is 0.511. The number of hydrogen-bond acceptors (Lipinski definition) is 5. The average molecular weight is 667 g/mol. The van der Waals surface area contributed by atoms with Crippen LogP contribution in [0.15, 0.2) is 71.6 Å². The number of ether oxygens (including phenoxy) is 1. The summed E-state index contributed by atoms with van der Waals surface area (Å²) in [5, 5.41) is 3.94. The summed E-state index contributed by atoms with van der Waals surface area (Å²) < 4.78 is 34.5. The molecule has 1 N–H and O–H groups in total. The van der Waals surface area contributed by atoms with Gasteiger partial charge in [0.1, 0.15) is 18.3 Å². The number of hydrogen-bond donors (Lipinski definition) is 1. The first-order valence-electron chi connectivity index (χ1n) is 14.0. The molecule has 2 amide bonds. The number of halogens is 3. The van der Waals surface area contributed by atoms with Crippen LogP contribution < -0.4 is 14.4 Å². The second-order valence-corrected chi connectivity index (χ2v) is 13.5. The highest BCUT2D eigenvalue weighted by atomic mass is 35.5. The Morgan fingerprint density at radius 3 is 2.23 bits per heavy atom. The quantitative estimate of drug-likeness (QED) is 0.245. The summed E-state index contributed by atoms with van der Waals surface area (Å²) >= 11 is 19.2. The SMILES string of the molecule is COc1ccc(Cl)cc1N(CC(=O)N(Cc1c(Cl)cccc1Cl)C(C)C(=O)NC1CCCCC1)S(=O)(=O)c1ccccc1. The van der Waals surface area contributed by atoms with Crippen LogP contribution >= 0.6 is 34.8 Å². The summed E-state index contributed by atoms with van der Waals surface area (Å²) in [6.45, 7) is 0.830. The maximum absolute atomic E-state index is 14.2. The third-order valence-corrected chi connectivity index (χ3v) is 10.2. The summed E-state index contributed by atoms with van der Waals surface area (Å²) in [6, 6.07) is 16.2. The predicted molar refractivity (Wildman–Crippen MR) is 170 cm³/mol. The Balaban J connectivity index is 1.75. The minimum absolute atomic E-state index is 0.00947. The largest absolute Gasteiger partial charge is 0.495 e. The Morgan fingerprint density at radius 2 is 1.60 bits per heavy atom. The van der Waals surface area contributed by atoms with Crippen LogP contribution in [0.5, 0.6) is 5.75 Å². The molecule has 1 aliphatic carbocycles. The molecule has 0 aromatic heterocycles. The Morgan fingerprint density at radius 1 is 0.953 bits per heavy atom. The van der Waals surface area contributed by atoms with E-state index in [1.807, 2.05) is 0 Å². The van der Waals surface area contributed by atoms with Crippen LogP contribution in [0.3, 0.4) is 0 Å². The first-order chi connectivity index (χ1) is 20.5. The van der Waals surface area contributed by atoms with E-state index in [0.29, 0.717) is 15.6 Å². The van der Waals surface area contributed by atoms with Crippen LogP contribution in [0.25, 0.3) is 0 Å². The molecule has 0 spiro atoms. The van der Waals surface area contributed by atoms with Crippen molar-refractivity contribution in [1.29, 1.82) is 0 Å². The molecule has 1 saturated carbocycles. The van der Waals surface area contributed by atoms with Gasteiger partial charge in [0.15, 0.2) is 0 Å². The maximum Gasteiger partial charge on any atom is 0.264 e. The number of nitrogens with zero attached hydrogens (tertiary/aromatic N) is 2. The molecule has 4 rings (SSSR count). The molecule has 8 nitrogen and oxygen atoms in total. The van der Waals surface area contributed by atoms with Crippen LogP contribution in [0.4, 0.5) is 5.69 Å². The molecule has 3 aromatic rings. The molecule has 43 heavy (non-hydrogen) atoms. The summed E-state index contributed by atoms with van der Waals surface area (Å²) in [7, 11) is -2.90. The molecular weight excluding hydrogens is 633 g/mol. The van der Waals surface area contributed by atoms with Crippen molar-refractivity contribution < 1.29 is 22.7 Å². The van der Waals surface area contributed by atoms with E-state index in [2.05, 4.69) is 5.32 Å². The van der Waals surface area contributed by atoms with Gasteiger partial charge in [0.2, 0.25) is 11.8 Å². The van der Waals surface area contributed by atoms with Crippen molar-refractivity contribution in [2.24, 2.45) is 0 Å². The number of carbonyl (C=O) groups is 2. The topological polar surface area (TPSA) is 96.0 Å². The number of carbonyl (C=O) groups excluding carboxylic acids is 2. The van der Waals surface area contributed by atoms with E-state index in [1.54, 1.807) is 49.4 Å². The number of anilines is 1. The van der Waals surface area contributed by atoms with E-state index < -0.39 is 28.5 Å². The molecular formula is C31H34Cl3N3O5S. The van der Waals surface area contributed by atoms with E-state index in [1.165, 1.54) is 36.3 Å². The van der Waals surface area contributed by atoms with Crippen LogP contribution in [-0.4, -0.2) is 50.9 Å². The van der Waals surface area contributed by atoms with Gasteiger partial charge in [-0.2, -0.15) is 0 Å². The van der Waals surface area contributed by atoms with E-state index in [0.717, 1.165) is 36.4 Å². The fourth-order valence-corrected chi connectivity index (χ4v) is 7.22. The molecule has 0 aliphatic heterocycles. The Hall–Kier alpha value is -2.98. The van der Waals surface area contributed by atoms with Crippen molar-refractivity contribution in [2.75, 3.05) is 18.0 Å². The molecule has 1 fully saturated rings. The van der Waals surface area contributed by atoms with Gasteiger partial charge in [-0.15, -0.1) is 0 Å². The van der Waals surface area contributed by atoms with Crippen molar-refractivity contribution in [2.45, 2.75) is 62.6 Å². The van der Waals surface area contributed by atoms with Crippen molar-refractivity contribution in [3.05, 3.63) is 87.4 Å². The standard InChI is InChI=1S/C31H34Cl3N3O5S/c1-21(31(39)35-23-10-5-3-6-11-23)36(19-25-26(33)14-9-15-27(25)34)30(38)20-37(28-18-22(32)16-17-29(28)42-2)43(40,41)24-12-7-4-8-13-24/h4,7-9,12-18,21,23H,3,5-6,10-11,19-20H2,1-2H3,(H,35,39). The molecule has 1 aliphatic rings. The van der Waals surface area contributed by atoms with Gasteiger partial charge in [-0.3, -0.25) is 13.9 Å². The Bertz CT molecular complexity index is 1530. The lowest BCUT2D eigenvalue weighted by atomic mass is 9.95. The molecule has 0 heterocycles. The lowest BCUT2D eigenvalue weighted by Crippen LogP contribution is -2.53. The molecule has 230 valence electrons. The molecule has 12 heteroatoms. The molecule has 0 bridgehead atoms. The van der Waals surface area contributed by atoms with Crippen LogP contribution in [0, 0.1) is 0 Å². The first-order valence-corrected chi connectivity index (χ1v) is 16.5. The third-order valence-electron chi connectivity index (χ3n) is 7.53. The zero-order valence-corrected chi connectivity index (χ0v) is 27.0. The maximum atomic E-state index is 14.2. The number of nitrogens with one attached hydrogen (secondary N) is 1. The lowest BCUT2D eigenvalue weighted by molar-refractivity contribution is -0.139.